The van der Waals surface area contributed by atoms with Gasteiger partial charge in [0.25, 0.3) is 5.56 Å². The van der Waals surface area contributed by atoms with E-state index in [2.05, 4.69) is 0 Å². The van der Waals surface area contributed by atoms with Crippen LogP contribution in [-0.4, -0.2) is 38.6 Å². The average Bonchev–Trinajstić information content (AvgIpc) is 2.67. The molecule has 1 fully saturated rings. The van der Waals surface area contributed by atoms with Crippen LogP contribution in [0, 0.1) is 9.52 Å². The third kappa shape index (κ3) is 2.22. The lowest BCUT2D eigenvalue weighted by Gasteiger charge is -2.16. The predicted molar refractivity (Wildman–Crippen MR) is 65.6 cm³/mol. The molecule has 0 aliphatic carbocycles. The van der Waals surface area contributed by atoms with Gasteiger partial charge in [-0.1, -0.05) is 0 Å². The van der Waals surface area contributed by atoms with Gasteiger partial charge in [0, 0.05) is 6.42 Å². The zero-order chi connectivity index (χ0) is 13.4. The van der Waals surface area contributed by atoms with E-state index in [0.29, 0.717) is 0 Å². The number of nitrogens with zero attached hydrogens (tertiary/aromatic N) is 1. The molecule has 7 nitrogen and oxygen atoms in total. The Hall–Kier alpha value is -0.780. The van der Waals surface area contributed by atoms with E-state index in [0.717, 1.165) is 4.57 Å². The van der Waals surface area contributed by atoms with Crippen LogP contribution in [0.2, 0.25) is 0 Å². The summed E-state index contributed by atoms with van der Waals surface area (Å²) >= 11 is 1.52. The van der Waals surface area contributed by atoms with Crippen LogP contribution < -0.4 is 11.2 Å². The number of halogens is 2. The molecule has 1 aliphatic heterocycles. The van der Waals surface area contributed by atoms with Gasteiger partial charge < -0.3 is 14.9 Å². The largest absolute Gasteiger partial charge is 0.394 e. The standard InChI is InChI=1S/C9H10FIN2O5/c10-6-7(11)13(9(17)12-8(6)16)5-1-3(15)4(2-14)18-5/h3-5,14-15H,1-2H2,(H,12,16,17)/t3?,4-,5-/m0/s1. The number of rotatable bonds is 2. The van der Waals surface area contributed by atoms with Crippen LogP contribution in [0.1, 0.15) is 12.6 Å². The molecule has 9 heteroatoms. The Bertz CT molecular complexity index is 571. The lowest BCUT2D eigenvalue weighted by molar-refractivity contribution is -0.0471. The molecule has 2 heterocycles. The summed E-state index contributed by atoms with van der Waals surface area (Å²) in [5, 5.41) is 18.5. The van der Waals surface area contributed by atoms with Gasteiger partial charge in [0.15, 0.2) is 0 Å². The fourth-order valence-corrected chi connectivity index (χ4v) is 2.57. The maximum Gasteiger partial charge on any atom is 0.331 e. The quantitative estimate of drug-likeness (QED) is 0.453. The first-order valence-corrected chi connectivity index (χ1v) is 6.17. The number of hydrogen-bond acceptors (Lipinski definition) is 5. The third-order valence-electron chi connectivity index (χ3n) is 2.70. The number of hydrogen-bond donors (Lipinski definition) is 3. The predicted octanol–water partition coefficient (Wildman–Crippen LogP) is -1.08. The van der Waals surface area contributed by atoms with Crippen LogP contribution in [-0.2, 0) is 4.74 Å². The Morgan fingerprint density at radius 1 is 1.56 bits per heavy atom. The van der Waals surface area contributed by atoms with E-state index in [9.17, 15) is 19.1 Å². The normalized spacial score (nSPS) is 27.7. The van der Waals surface area contributed by atoms with E-state index in [1.807, 2.05) is 4.98 Å². The number of aliphatic hydroxyl groups is 2. The van der Waals surface area contributed by atoms with Crippen molar-refractivity contribution in [3.05, 3.63) is 30.4 Å². The second-order valence-electron chi connectivity index (χ2n) is 3.85. The molecule has 1 aromatic rings. The zero-order valence-electron chi connectivity index (χ0n) is 8.97. The fourth-order valence-electron chi connectivity index (χ4n) is 1.80. The smallest absolute Gasteiger partial charge is 0.331 e. The summed E-state index contributed by atoms with van der Waals surface area (Å²) in [6.07, 6.45) is -2.65. The topological polar surface area (TPSA) is 105 Å². The first kappa shape index (κ1) is 13.6. The van der Waals surface area contributed by atoms with E-state index in [1.54, 1.807) is 0 Å². The fraction of sp³-hybridized carbons (Fsp3) is 0.556. The number of aromatic amines is 1. The SMILES string of the molecule is O=c1[nH]c(=O)n([C@@H]2CC(O)[C@H](CO)O2)c(I)c1F. The first-order chi connectivity index (χ1) is 8.45. The summed E-state index contributed by atoms with van der Waals surface area (Å²) < 4.78 is 19.4. The number of ether oxygens (including phenoxy) is 1. The highest BCUT2D eigenvalue weighted by Gasteiger charge is 2.36. The molecule has 0 radical (unpaired) electrons. The molecule has 0 spiro atoms. The van der Waals surface area contributed by atoms with E-state index in [4.69, 9.17) is 9.84 Å². The Kier molecular flexibility index (Phi) is 3.84. The Morgan fingerprint density at radius 2 is 2.22 bits per heavy atom. The highest BCUT2D eigenvalue weighted by atomic mass is 127. The van der Waals surface area contributed by atoms with Crippen molar-refractivity contribution in [2.24, 2.45) is 0 Å². The van der Waals surface area contributed by atoms with Crippen molar-refractivity contribution in [3.8, 4) is 0 Å². The molecule has 3 N–H and O–H groups in total. The molecule has 0 saturated carbocycles. The molecule has 18 heavy (non-hydrogen) atoms. The van der Waals surface area contributed by atoms with Gasteiger partial charge in [-0.25, -0.2) is 4.79 Å². The molecule has 3 atom stereocenters. The molecule has 1 unspecified atom stereocenters. The number of H-pyrrole nitrogens is 1. The summed E-state index contributed by atoms with van der Waals surface area (Å²) in [5.41, 5.74) is -1.92. The van der Waals surface area contributed by atoms with Gasteiger partial charge in [0.1, 0.15) is 16.0 Å². The van der Waals surface area contributed by atoms with Crippen molar-refractivity contribution in [1.82, 2.24) is 9.55 Å². The van der Waals surface area contributed by atoms with Crippen LogP contribution in [0.3, 0.4) is 0 Å². The number of nitrogens with one attached hydrogen (secondary N) is 1. The molecular formula is C9H10FIN2O5. The minimum absolute atomic E-state index is 0.0343. The molecule has 0 bridgehead atoms. The van der Waals surface area contributed by atoms with Gasteiger partial charge in [-0.3, -0.25) is 14.3 Å². The summed E-state index contributed by atoms with van der Waals surface area (Å²) in [4.78, 5) is 24.5. The van der Waals surface area contributed by atoms with E-state index in [-0.39, 0.29) is 10.1 Å². The summed E-state index contributed by atoms with van der Waals surface area (Å²) in [5.74, 6) is -1.08. The van der Waals surface area contributed by atoms with Crippen LogP contribution in [0.4, 0.5) is 4.39 Å². The monoisotopic (exact) mass is 372 g/mol. The van der Waals surface area contributed by atoms with Crippen molar-refractivity contribution < 1.29 is 19.3 Å². The van der Waals surface area contributed by atoms with Gasteiger partial charge in [0.05, 0.1) is 12.7 Å². The van der Waals surface area contributed by atoms with Gasteiger partial charge in [-0.15, -0.1) is 0 Å². The molecular weight excluding hydrogens is 362 g/mol. The lowest BCUT2D eigenvalue weighted by Crippen LogP contribution is -2.36. The second-order valence-corrected chi connectivity index (χ2v) is 4.87. The summed E-state index contributed by atoms with van der Waals surface area (Å²) in [6, 6.07) is 0. The maximum atomic E-state index is 13.4. The van der Waals surface area contributed by atoms with Crippen LogP contribution in [0.5, 0.6) is 0 Å². The minimum Gasteiger partial charge on any atom is -0.394 e. The summed E-state index contributed by atoms with van der Waals surface area (Å²) in [7, 11) is 0. The van der Waals surface area contributed by atoms with Crippen molar-refractivity contribution in [2.75, 3.05) is 6.61 Å². The first-order valence-electron chi connectivity index (χ1n) is 5.10. The van der Waals surface area contributed by atoms with E-state index in [1.165, 1.54) is 22.6 Å². The molecule has 2 rings (SSSR count). The average molecular weight is 372 g/mol. The summed E-state index contributed by atoms with van der Waals surface area (Å²) in [6.45, 7) is -0.408. The minimum atomic E-state index is -1.10. The van der Waals surface area contributed by atoms with Crippen LogP contribution in [0.25, 0.3) is 0 Å². The lowest BCUT2D eigenvalue weighted by atomic mass is 10.2. The Labute approximate surface area is 113 Å². The molecule has 1 aromatic heterocycles. The van der Waals surface area contributed by atoms with Crippen LogP contribution in [0.15, 0.2) is 9.59 Å². The maximum absolute atomic E-state index is 13.4. The zero-order valence-corrected chi connectivity index (χ0v) is 11.1. The van der Waals surface area contributed by atoms with Gasteiger partial charge >= 0.3 is 5.69 Å². The van der Waals surface area contributed by atoms with Crippen molar-refractivity contribution >= 4 is 22.6 Å². The molecule has 0 aromatic carbocycles. The van der Waals surface area contributed by atoms with Gasteiger partial charge in [0.2, 0.25) is 5.82 Å². The molecule has 1 saturated heterocycles. The van der Waals surface area contributed by atoms with Crippen molar-refractivity contribution in [3.63, 3.8) is 0 Å². The molecule has 100 valence electrons. The number of aromatic nitrogens is 2. The van der Waals surface area contributed by atoms with E-state index >= 15 is 0 Å². The highest BCUT2D eigenvalue weighted by Crippen LogP contribution is 2.28. The van der Waals surface area contributed by atoms with Crippen LogP contribution >= 0.6 is 22.6 Å². The van der Waals surface area contributed by atoms with Gasteiger partial charge in [-0.05, 0) is 22.6 Å². The highest BCUT2D eigenvalue weighted by molar-refractivity contribution is 14.1. The third-order valence-corrected chi connectivity index (χ3v) is 3.70. The Morgan fingerprint density at radius 3 is 2.78 bits per heavy atom. The van der Waals surface area contributed by atoms with Gasteiger partial charge in [-0.2, -0.15) is 4.39 Å². The second kappa shape index (κ2) is 5.07. The van der Waals surface area contributed by atoms with E-state index < -0.39 is 42.1 Å². The molecule has 1 aliphatic rings. The van der Waals surface area contributed by atoms with Crippen molar-refractivity contribution in [1.29, 1.82) is 0 Å². The van der Waals surface area contributed by atoms with Crippen molar-refractivity contribution in [2.45, 2.75) is 24.9 Å². The Balaban J connectivity index is 2.45. The molecule has 0 amide bonds. The number of aliphatic hydroxyl groups excluding tert-OH is 2.